The number of anilines is 1. The van der Waals surface area contributed by atoms with Crippen LogP contribution >= 0.6 is 0 Å². The molecule has 1 saturated heterocycles. The van der Waals surface area contributed by atoms with E-state index in [1.807, 2.05) is 11.8 Å². The molecule has 0 aliphatic carbocycles. The largest absolute Gasteiger partial charge is 0.375 e. The summed E-state index contributed by atoms with van der Waals surface area (Å²) in [5.74, 6) is 0.580. The number of rotatable bonds is 3. The maximum absolute atomic E-state index is 12.5. The highest BCUT2D eigenvalue weighted by Gasteiger charge is 2.30. The van der Waals surface area contributed by atoms with Crippen LogP contribution in [0, 0.1) is 0 Å². The molecule has 0 aromatic carbocycles. The summed E-state index contributed by atoms with van der Waals surface area (Å²) < 4.78 is 5.59. The van der Waals surface area contributed by atoms with Gasteiger partial charge >= 0.3 is 0 Å². The first-order chi connectivity index (χ1) is 9.15. The Kier molecular flexibility index (Phi) is 4.31. The molecule has 1 amide bonds. The first kappa shape index (κ1) is 13.7. The molecule has 0 radical (unpaired) electrons. The van der Waals surface area contributed by atoms with E-state index in [9.17, 15) is 4.79 Å². The summed E-state index contributed by atoms with van der Waals surface area (Å²) >= 11 is 0. The lowest BCUT2D eigenvalue weighted by atomic mass is 10.1. The first-order valence-corrected chi connectivity index (χ1v) is 6.59. The molecular formula is C13H20N4O2. The van der Waals surface area contributed by atoms with Gasteiger partial charge in [-0.15, -0.1) is 10.2 Å². The number of morpholine rings is 1. The predicted octanol–water partition coefficient (Wildman–Crippen LogP) is 1.16. The minimum absolute atomic E-state index is 0.0660. The van der Waals surface area contributed by atoms with Crippen LogP contribution in [0.1, 0.15) is 30.8 Å². The van der Waals surface area contributed by atoms with E-state index in [1.54, 1.807) is 19.2 Å². The third-order valence-corrected chi connectivity index (χ3v) is 3.34. The van der Waals surface area contributed by atoms with E-state index in [2.05, 4.69) is 22.4 Å². The maximum atomic E-state index is 12.5. The molecule has 2 atom stereocenters. The van der Waals surface area contributed by atoms with Gasteiger partial charge in [-0.2, -0.15) is 0 Å². The van der Waals surface area contributed by atoms with Crippen molar-refractivity contribution >= 4 is 11.7 Å². The zero-order chi connectivity index (χ0) is 13.8. The second kappa shape index (κ2) is 5.97. The maximum Gasteiger partial charge on any atom is 0.274 e. The van der Waals surface area contributed by atoms with Crippen molar-refractivity contribution in [3.05, 3.63) is 17.8 Å². The Morgan fingerprint density at radius 3 is 2.89 bits per heavy atom. The van der Waals surface area contributed by atoms with Crippen molar-refractivity contribution in [1.29, 1.82) is 0 Å². The van der Waals surface area contributed by atoms with Gasteiger partial charge in [0.1, 0.15) is 5.82 Å². The molecule has 2 heterocycles. The number of ether oxygens (including phenoxy) is 1. The number of amides is 1. The Balaban J connectivity index is 2.15. The summed E-state index contributed by atoms with van der Waals surface area (Å²) in [4.78, 5) is 14.3. The Morgan fingerprint density at radius 1 is 1.53 bits per heavy atom. The predicted molar refractivity (Wildman–Crippen MR) is 72.1 cm³/mol. The van der Waals surface area contributed by atoms with Crippen molar-refractivity contribution in [3.8, 4) is 0 Å². The third kappa shape index (κ3) is 3.01. The molecule has 1 N–H and O–H groups in total. The quantitative estimate of drug-likeness (QED) is 0.887. The van der Waals surface area contributed by atoms with E-state index < -0.39 is 0 Å². The smallest absolute Gasteiger partial charge is 0.274 e. The monoisotopic (exact) mass is 264 g/mol. The number of nitrogens with one attached hydrogen (secondary N) is 1. The van der Waals surface area contributed by atoms with Crippen molar-refractivity contribution in [3.63, 3.8) is 0 Å². The fraction of sp³-hybridized carbons (Fsp3) is 0.615. The average molecular weight is 264 g/mol. The zero-order valence-corrected chi connectivity index (χ0v) is 11.6. The topological polar surface area (TPSA) is 67.3 Å². The molecule has 6 heteroatoms. The van der Waals surface area contributed by atoms with Gasteiger partial charge in [0.2, 0.25) is 0 Å². The minimum atomic E-state index is -0.0721. The van der Waals surface area contributed by atoms with Gasteiger partial charge in [0.15, 0.2) is 5.69 Å². The van der Waals surface area contributed by atoms with Crippen molar-refractivity contribution < 1.29 is 9.53 Å². The Morgan fingerprint density at radius 2 is 2.32 bits per heavy atom. The summed E-state index contributed by atoms with van der Waals surface area (Å²) in [7, 11) is 1.77. The number of carbonyl (C=O) groups excluding carboxylic acids is 1. The molecule has 2 unspecified atom stereocenters. The van der Waals surface area contributed by atoms with E-state index >= 15 is 0 Å². The van der Waals surface area contributed by atoms with E-state index in [0.717, 1.165) is 6.42 Å². The molecule has 6 nitrogen and oxygen atoms in total. The van der Waals surface area contributed by atoms with Crippen molar-refractivity contribution in [2.24, 2.45) is 0 Å². The van der Waals surface area contributed by atoms with Crippen LogP contribution in [-0.4, -0.2) is 53.3 Å². The fourth-order valence-electron chi connectivity index (χ4n) is 2.16. The van der Waals surface area contributed by atoms with Crippen LogP contribution < -0.4 is 5.32 Å². The van der Waals surface area contributed by atoms with Crippen molar-refractivity contribution in [1.82, 2.24) is 15.1 Å². The normalized spacial score (nSPS) is 23.2. The molecule has 0 bridgehead atoms. The van der Waals surface area contributed by atoms with E-state index in [0.29, 0.717) is 24.7 Å². The average Bonchev–Trinajstić information content (AvgIpc) is 2.46. The van der Waals surface area contributed by atoms with Crippen LogP contribution in [0.3, 0.4) is 0 Å². The van der Waals surface area contributed by atoms with Crippen LogP contribution in [-0.2, 0) is 4.74 Å². The highest BCUT2D eigenvalue weighted by Crippen LogP contribution is 2.17. The summed E-state index contributed by atoms with van der Waals surface area (Å²) in [5, 5.41) is 10.8. The third-order valence-electron chi connectivity index (χ3n) is 3.34. The molecule has 104 valence electrons. The van der Waals surface area contributed by atoms with Gasteiger partial charge in [0.05, 0.1) is 18.8 Å². The molecule has 1 fully saturated rings. The lowest BCUT2D eigenvalue weighted by molar-refractivity contribution is -0.0446. The van der Waals surface area contributed by atoms with Crippen LogP contribution in [0.15, 0.2) is 12.1 Å². The Bertz CT molecular complexity index is 435. The highest BCUT2D eigenvalue weighted by atomic mass is 16.5. The van der Waals surface area contributed by atoms with Crippen LogP contribution in [0.4, 0.5) is 5.82 Å². The van der Waals surface area contributed by atoms with E-state index in [4.69, 9.17) is 4.74 Å². The summed E-state index contributed by atoms with van der Waals surface area (Å²) in [6, 6.07) is 3.58. The molecular weight excluding hydrogens is 244 g/mol. The second-order valence-electron chi connectivity index (χ2n) is 4.72. The number of hydrogen-bond donors (Lipinski definition) is 1. The van der Waals surface area contributed by atoms with Gasteiger partial charge in [-0.25, -0.2) is 0 Å². The second-order valence-corrected chi connectivity index (χ2v) is 4.72. The van der Waals surface area contributed by atoms with Crippen molar-refractivity contribution in [2.75, 3.05) is 25.5 Å². The number of nitrogens with zero attached hydrogens (tertiary/aromatic N) is 3. The SMILES string of the molecule is CCC1COC(C)CN1C(=O)c1ccc(NC)nn1. The van der Waals surface area contributed by atoms with Crippen LogP contribution in [0.2, 0.25) is 0 Å². The highest BCUT2D eigenvalue weighted by molar-refractivity contribution is 5.92. The summed E-state index contributed by atoms with van der Waals surface area (Å²) in [6.07, 6.45) is 0.941. The van der Waals surface area contributed by atoms with Gasteiger partial charge in [-0.1, -0.05) is 6.92 Å². The number of carbonyl (C=O) groups is 1. The Hall–Kier alpha value is -1.69. The van der Waals surface area contributed by atoms with Gasteiger partial charge in [0, 0.05) is 13.6 Å². The van der Waals surface area contributed by atoms with Crippen LogP contribution in [0.5, 0.6) is 0 Å². The standard InChI is InChI=1S/C13H20N4O2/c1-4-10-8-19-9(2)7-17(10)13(18)11-5-6-12(14-3)16-15-11/h5-6,9-10H,4,7-8H2,1-3H3,(H,14,16). The molecule has 19 heavy (non-hydrogen) atoms. The van der Waals surface area contributed by atoms with Gasteiger partial charge in [0.25, 0.3) is 5.91 Å². The fourth-order valence-corrected chi connectivity index (χ4v) is 2.16. The minimum Gasteiger partial charge on any atom is -0.375 e. The van der Waals surface area contributed by atoms with Crippen molar-refractivity contribution in [2.45, 2.75) is 32.4 Å². The first-order valence-electron chi connectivity index (χ1n) is 6.59. The van der Waals surface area contributed by atoms with E-state index in [1.165, 1.54) is 0 Å². The number of aromatic nitrogens is 2. The van der Waals surface area contributed by atoms with E-state index in [-0.39, 0.29) is 18.1 Å². The Labute approximate surface area is 113 Å². The molecule has 0 saturated carbocycles. The molecule has 1 aliphatic rings. The lowest BCUT2D eigenvalue weighted by Crippen LogP contribution is -2.51. The van der Waals surface area contributed by atoms with Gasteiger partial charge in [-0.3, -0.25) is 4.79 Å². The molecule has 1 aromatic rings. The zero-order valence-electron chi connectivity index (χ0n) is 11.6. The van der Waals surface area contributed by atoms with Crippen LogP contribution in [0.25, 0.3) is 0 Å². The molecule has 0 spiro atoms. The summed E-state index contributed by atoms with van der Waals surface area (Å²) in [6.45, 7) is 5.22. The molecule has 1 aliphatic heterocycles. The lowest BCUT2D eigenvalue weighted by Gasteiger charge is -2.38. The number of hydrogen-bond acceptors (Lipinski definition) is 5. The van der Waals surface area contributed by atoms with Gasteiger partial charge < -0.3 is 15.0 Å². The summed E-state index contributed by atoms with van der Waals surface area (Å²) in [5.41, 5.74) is 0.381. The molecule has 2 rings (SSSR count). The molecule has 1 aromatic heterocycles. The van der Waals surface area contributed by atoms with Gasteiger partial charge in [-0.05, 0) is 25.5 Å².